The summed E-state index contributed by atoms with van der Waals surface area (Å²) in [6.07, 6.45) is 0. The van der Waals surface area contributed by atoms with Gasteiger partial charge in [-0.1, -0.05) is 287 Å². The molecule has 4 nitrogen and oxygen atoms in total. The molecule has 0 spiro atoms. The molecule has 12 aromatic carbocycles. The van der Waals surface area contributed by atoms with Gasteiger partial charge in [-0.2, -0.15) is 0 Å². The lowest BCUT2D eigenvalue weighted by atomic mass is 9.85. The van der Waals surface area contributed by atoms with Crippen LogP contribution >= 0.6 is 0 Å². The Morgan fingerprint density at radius 3 is 0.360 bits per heavy atom. The standard InChI is InChI=1S/C96H110N4/c1-89(2,3)63-25-41-71(42-26-63)97(72-43-27-64(28-44-72)90(4,5)6)83-61-84(98(73-45-29-65(30-46-73)91(7,8)9)74-47-31-66(32-48-74)92(10,11)12)80-59-60-82-86(100(77-53-37-69(38-54-77)95(19,20)21)78-55-39-70(40-56-78)96(22,23)24)62-85(81-58-57-79(83)87(80)88(81)82)99(75-49-33-67(34-50-75)93(13,14)15)76-51-35-68(36-52-76)94(16,17)18/h25-62H,1-24H3. The summed E-state index contributed by atoms with van der Waals surface area (Å²) in [6.45, 7) is 55.4. The van der Waals surface area contributed by atoms with Crippen molar-refractivity contribution >= 4 is 101 Å². The van der Waals surface area contributed by atoms with Gasteiger partial charge in [0.1, 0.15) is 0 Å². The Morgan fingerprint density at radius 2 is 0.260 bits per heavy atom. The topological polar surface area (TPSA) is 13.0 Å². The van der Waals surface area contributed by atoms with E-state index in [1.165, 1.54) is 55.3 Å². The molecule has 0 heterocycles. The van der Waals surface area contributed by atoms with E-state index in [4.69, 9.17) is 0 Å². The van der Waals surface area contributed by atoms with E-state index in [1.54, 1.807) is 0 Å². The molecule has 100 heavy (non-hydrogen) atoms. The number of hydrogen-bond donors (Lipinski definition) is 0. The van der Waals surface area contributed by atoms with Gasteiger partial charge in [0, 0.05) is 77.8 Å². The van der Waals surface area contributed by atoms with Gasteiger partial charge in [-0.3, -0.25) is 0 Å². The van der Waals surface area contributed by atoms with Gasteiger partial charge in [-0.25, -0.2) is 0 Å². The highest BCUT2D eigenvalue weighted by atomic mass is 15.2. The van der Waals surface area contributed by atoms with E-state index in [0.717, 1.165) is 89.8 Å². The molecule has 0 fully saturated rings. The molecule has 0 saturated heterocycles. The van der Waals surface area contributed by atoms with Crippen LogP contribution in [-0.2, 0) is 43.3 Å². The molecule has 0 aliphatic rings. The molecule has 0 amide bonds. The summed E-state index contributed by atoms with van der Waals surface area (Å²) < 4.78 is 0. The van der Waals surface area contributed by atoms with Crippen LogP contribution in [0, 0.1) is 0 Å². The molecule has 0 bridgehead atoms. The Balaban J connectivity index is 1.30. The highest BCUT2D eigenvalue weighted by Gasteiger charge is 2.32. The van der Waals surface area contributed by atoms with Crippen molar-refractivity contribution in [3.05, 3.63) is 275 Å². The van der Waals surface area contributed by atoms with E-state index in [-0.39, 0.29) is 43.3 Å². The quantitative estimate of drug-likeness (QED) is 0.113. The highest BCUT2D eigenvalue weighted by Crippen LogP contribution is 2.56. The van der Waals surface area contributed by atoms with Crippen LogP contribution in [0.25, 0.3) is 32.3 Å². The molecule has 0 radical (unpaired) electrons. The van der Waals surface area contributed by atoms with Gasteiger partial charge in [0.25, 0.3) is 0 Å². The van der Waals surface area contributed by atoms with Crippen LogP contribution in [0.3, 0.4) is 0 Å². The molecule has 0 atom stereocenters. The van der Waals surface area contributed by atoms with E-state index < -0.39 is 0 Å². The molecule has 514 valence electrons. The van der Waals surface area contributed by atoms with Gasteiger partial charge in [-0.05, 0) is 197 Å². The van der Waals surface area contributed by atoms with Gasteiger partial charge in [0.05, 0.1) is 22.7 Å². The molecule has 12 rings (SSSR count). The minimum atomic E-state index is -0.0484. The highest BCUT2D eigenvalue weighted by molar-refractivity contribution is 6.33. The predicted octanol–water partition coefficient (Wildman–Crippen LogP) is 28.8. The monoisotopic (exact) mass is 1320 g/mol. The maximum absolute atomic E-state index is 2.54. The maximum Gasteiger partial charge on any atom is 0.0561 e. The van der Waals surface area contributed by atoms with E-state index in [1.807, 2.05) is 0 Å². The van der Waals surface area contributed by atoms with Crippen LogP contribution in [0.15, 0.2) is 231 Å². The van der Waals surface area contributed by atoms with Crippen molar-refractivity contribution < 1.29 is 0 Å². The summed E-state index contributed by atoms with van der Waals surface area (Å²) in [4.78, 5) is 10.2. The lowest BCUT2D eigenvalue weighted by Gasteiger charge is -2.35. The summed E-state index contributed by atoms with van der Waals surface area (Å²) in [7, 11) is 0. The van der Waals surface area contributed by atoms with Gasteiger partial charge in [0.15, 0.2) is 0 Å². The minimum Gasteiger partial charge on any atom is -0.310 e. The molecule has 4 heteroatoms. The summed E-state index contributed by atoms with van der Waals surface area (Å²) in [6, 6.07) is 89.9. The molecule has 0 N–H and O–H groups in total. The fourth-order valence-corrected chi connectivity index (χ4v) is 14.3. The SMILES string of the molecule is CC(C)(C)c1ccc(N(c2ccc(C(C)(C)C)cc2)c2cc(N(c3ccc(C(C)(C)C)cc3)c3ccc(C(C)(C)C)cc3)c3ccc4c(N(c5ccc(C(C)(C)C)cc5)c5ccc(C(C)(C)C)cc5)cc(N(c5ccc(C(C)(C)C)cc5)c5ccc(C(C)(C)C)cc5)c5ccc2c3c54)cc1. The van der Waals surface area contributed by atoms with Crippen molar-refractivity contribution in [1.29, 1.82) is 0 Å². The average molecular weight is 1320 g/mol. The van der Waals surface area contributed by atoms with Crippen molar-refractivity contribution in [2.45, 2.75) is 209 Å². The average Bonchev–Trinajstić information content (AvgIpc) is 0.700. The first-order chi connectivity index (χ1) is 46.6. The molecule has 0 unspecified atom stereocenters. The van der Waals surface area contributed by atoms with E-state index in [0.29, 0.717) is 0 Å². The Labute approximate surface area is 601 Å². The van der Waals surface area contributed by atoms with Crippen LogP contribution in [-0.4, -0.2) is 0 Å². The fraction of sp³-hybridized carbons (Fsp3) is 0.333. The smallest absolute Gasteiger partial charge is 0.0561 e. The van der Waals surface area contributed by atoms with Gasteiger partial charge < -0.3 is 19.6 Å². The normalized spacial score (nSPS) is 13.0. The number of nitrogens with zero attached hydrogens (tertiary/aromatic N) is 4. The van der Waals surface area contributed by atoms with Crippen molar-refractivity contribution in [2.24, 2.45) is 0 Å². The molecule has 0 aromatic heterocycles. The first kappa shape index (κ1) is 70.7. The van der Waals surface area contributed by atoms with E-state index in [9.17, 15) is 0 Å². The molecule has 12 aromatic rings. The third kappa shape index (κ3) is 14.1. The molecule has 0 aliphatic heterocycles. The lowest BCUT2D eigenvalue weighted by Crippen LogP contribution is -2.18. The molecular weight excluding hydrogens is 1210 g/mol. The molecule has 0 saturated carbocycles. The third-order valence-electron chi connectivity index (χ3n) is 20.7. The van der Waals surface area contributed by atoms with Crippen molar-refractivity contribution in [1.82, 2.24) is 0 Å². The number of hydrogen-bond acceptors (Lipinski definition) is 4. The Hall–Kier alpha value is -9.12. The van der Waals surface area contributed by atoms with Gasteiger partial charge in [0.2, 0.25) is 0 Å². The largest absolute Gasteiger partial charge is 0.310 e. The lowest BCUT2D eigenvalue weighted by molar-refractivity contribution is 0.590. The maximum atomic E-state index is 2.54. The first-order valence-corrected chi connectivity index (χ1v) is 36.5. The van der Waals surface area contributed by atoms with Crippen LogP contribution < -0.4 is 19.6 Å². The summed E-state index contributed by atoms with van der Waals surface area (Å²) in [5.74, 6) is 0. The molecular formula is C96H110N4. The Kier molecular flexibility index (Phi) is 18.0. The second-order valence-electron chi connectivity index (χ2n) is 36.6. The zero-order valence-electron chi connectivity index (χ0n) is 64.7. The summed E-state index contributed by atoms with van der Waals surface area (Å²) in [5, 5.41) is 6.98. The number of benzene rings is 12. The van der Waals surface area contributed by atoms with Gasteiger partial charge in [-0.15, -0.1) is 0 Å². The zero-order chi connectivity index (χ0) is 72.2. The minimum absolute atomic E-state index is 0.0484. The second-order valence-corrected chi connectivity index (χ2v) is 36.6. The zero-order valence-corrected chi connectivity index (χ0v) is 64.7. The van der Waals surface area contributed by atoms with Crippen molar-refractivity contribution in [3.8, 4) is 0 Å². The Morgan fingerprint density at radius 1 is 0.150 bits per heavy atom. The van der Waals surface area contributed by atoms with Crippen molar-refractivity contribution in [2.75, 3.05) is 19.6 Å². The molecule has 0 aliphatic carbocycles. The van der Waals surface area contributed by atoms with E-state index in [2.05, 4.69) is 416 Å². The van der Waals surface area contributed by atoms with Crippen LogP contribution in [0.2, 0.25) is 0 Å². The summed E-state index contributed by atoms with van der Waals surface area (Å²) >= 11 is 0. The summed E-state index contributed by atoms with van der Waals surface area (Å²) in [5.41, 5.74) is 22.9. The predicted molar refractivity (Wildman–Crippen MR) is 438 cm³/mol. The number of anilines is 12. The van der Waals surface area contributed by atoms with Gasteiger partial charge >= 0.3 is 0 Å². The number of rotatable bonds is 12. The van der Waals surface area contributed by atoms with Crippen LogP contribution in [0.5, 0.6) is 0 Å². The second kappa shape index (κ2) is 25.5. The van der Waals surface area contributed by atoms with Crippen LogP contribution in [0.1, 0.15) is 211 Å². The Bertz CT molecular complexity index is 4010. The fourth-order valence-electron chi connectivity index (χ4n) is 14.3. The third-order valence-corrected chi connectivity index (χ3v) is 20.7. The van der Waals surface area contributed by atoms with Crippen LogP contribution in [0.4, 0.5) is 68.2 Å². The first-order valence-electron chi connectivity index (χ1n) is 36.5. The van der Waals surface area contributed by atoms with E-state index >= 15 is 0 Å². The van der Waals surface area contributed by atoms with Crippen molar-refractivity contribution in [3.63, 3.8) is 0 Å².